The molecule has 1 aromatic heterocycles. The highest BCUT2D eigenvalue weighted by Crippen LogP contribution is 2.19. The highest BCUT2D eigenvalue weighted by atomic mass is 32.2. The summed E-state index contributed by atoms with van der Waals surface area (Å²) in [6, 6.07) is 3.85. The summed E-state index contributed by atoms with van der Waals surface area (Å²) in [4.78, 5) is 18.9. The van der Waals surface area contributed by atoms with Crippen LogP contribution in [0.2, 0.25) is 0 Å². The molecule has 0 unspecified atom stereocenters. The number of amides is 1. The van der Waals surface area contributed by atoms with E-state index < -0.39 is 0 Å². The van der Waals surface area contributed by atoms with Gasteiger partial charge < -0.3 is 4.90 Å². The summed E-state index contributed by atoms with van der Waals surface area (Å²) in [5.41, 5.74) is 1.26. The number of hydrogen-bond donors (Lipinski definition) is 0. The number of piperidine rings is 1. The van der Waals surface area contributed by atoms with E-state index in [4.69, 9.17) is 0 Å². The predicted molar refractivity (Wildman–Crippen MR) is 69.9 cm³/mol. The topological polar surface area (TPSA) is 33.2 Å². The van der Waals surface area contributed by atoms with E-state index in [-0.39, 0.29) is 5.91 Å². The highest BCUT2D eigenvalue weighted by molar-refractivity contribution is 8.00. The van der Waals surface area contributed by atoms with Crippen molar-refractivity contribution < 1.29 is 4.79 Å². The zero-order valence-corrected chi connectivity index (χ0v) is 10.6. The molecule has 3 nitrogen and oxygen atoms in total. The molecule has 0 N–H and O–H groups in total. The molecule has 1 aliphatic rings. The molecule has 0 radical (unpaired) electrons. The molecule has 0 atom stereocenters. The minimum Gasteiger partial charge on any atom is -0.341 e. The largest absolute Gasteiger partial charge is 0.341 e. The smallest absolute Gasteiger partial charge is 0.232 e. The van der Waals surface area contributed by atoms with E-state index in [0.29, 0.717) is 5.75 Å². The summed E-state index contributed by atoms with van der Waals surface area (Å²) in [6.45, 7) is 5.61. The van der Waals surface area contributed by atoms with E-state index in [0.717, 1.165) is 30.8 Å². The summed E-state index contributed by atoms with van der Waals surface area (Å²) in [5, 5.41) is 0. The second-order valence-corrected chi connectivity index (χ2v) is 5.15. The van der Waals surface area contributed by atoms with Crippen LogP contribution in [0.5, 0.6) is 0 Å². The summed E-state index contributed by atoms with van der Waals surface area (Å²) < 4.78 is 0. The first-order valence-corrected chi connectivity index (χ1v) is 6.71. The van der Waals surface area contributed by atoms with Crippen LogP contribution in [0.25, 0.3) is 0 Å². The second-order valence-electron chi connectivity index (χ2n) is 4.10. The van der Waals surface area contributed by atoms with Gasteiger partial charge in [-0.2, -0.15) is 0 Å². The Labute approximate surface area is 106 Å². The van der Waals surface area contributed by atoms with Crippen molar-refractivity contribution in [2.24, 2.45) is 0 Å². The van der Waals surface area contributed by atoms with Gasteiger partial charge in [0.2, 0.25) is 5.91 Å². The van der Waals surface area contributed by atoms with Gasteiger partial charge in [0, 0.05) is 30.4 Å². The molecule has 1 saturated heterocycles. The molecule has 0 aliphatic carbocycles. The molecule has 17 heavy (non-hydrogen) atoms. The quantitative estimate of drug-likeness (QED) is 0.608. The van der Waals surface area contributed by atoms with Gasteiger partial charge in [0.15, 0.2) is 0 Å². The van der Waals surface area contributed by atoms with Crippen molar-refractivity contribution in [3.8, 4) is 0 Å². The number of rotatable bonds is 3. The fourth-order valence-electron chi connectivity index (χ4n) is 1.74. The molecular weight excluding hydrogens is 232 g/mol. The van der Waals surface area contributed by atoms with Crippen LogP contribution in [-0.4, -0.2) is 34.6 Å². The lowest BCUT2D eigenvalue weighted by Crippen LogP contribution is -2.37. The number of pyridine rings is 1. The van der Waals surface area contributed by atoms with E-state index in [9.17, 15) is 4.79 Å². The van der Waals surface area contributed by atoms with E-state index >= 15 is 0 Å². The molecule has 0 saturated carbocycles. The zero-order valence-electron chi connectivity index (χ0n) is 9.76. The minimum absolute atomic E-state index is 0.222. The molecule has 1 aromatic rings. The van der Waals surface area contributed by atoms with E-state index in [1.807, 2.05) is 17.0 Å². The van der Waals surface area contributed by atoms with Crippen LogP contribution in [0, 0.1) is 0 Å². The first-order valence-electron chi connectivity index (χ1n) is 5.73. The van der Waals surface area contributed by atoms with Crippen molar-refractivity contribution in [1.29, 1.82) is 0 Å². The Morgan fingerprint density at radius 2 is 2.00 bits per heavy atom. The number of nitrogens with zero attached hydrogens (tertiary/aromatic N) is 2. The molecule has 0 spiro atoms. The fraction of sp³-hybridized carbons (Fsp3) is 0.385. The van der Waals surface area contributed by atoms with Crippen LogP contribution in [0.4, 0.5) is 0 Å². The minimum atomic E-state index is 0.222. The Balaban J connectivity index is 1.80. The third-order valence-electron chi connectivity index (χ3n) is 2.84. The maximum absolute atomic E-state index is 11.9. The Morgan fingerprint density at radius 3 is 2.65 bits per heavy atom. The standard InChI is InChI=1S/C13H16N2OS/c1-11-4-8-15(9-5-11)13(16)10-17-12-2-6-14-7-3-12/h2-3,6-7H,1,4-5,8-10H2. The fourth-order valence-corrected chi connectivity index (χ4v) is 2.53. The van der Waals surface area contributed by atoms with Crippen LogP contribution >= 0.6 is 11.8 Å². The van der Waals surface area contributed by atoms with Gasteiger partial charge in [-0.1, -0.05) is 12.2 Å². The van der Waals surface area contributed by atoms with Gasteiger partial charge in [-0.25, -0.2) is 0 Å². The van der Waals surface area contributed by atoms with Gasteiger partial charge in [-0.15, -0.1) is 11.8 Å². The van der Waals surface area contributed by atoms with Gasteiger partial charge in [-0.3, -0.25) is 9.78 Å². The number of hydrogen-bond acceptors (Lipinski definition) is 3. The molecule has 0 aromatic carbocycles. The summed E-state index contributed by atoms with van der Waals surface area (Å²) in [5.74, 6) is 0.732. The van der Waals surface area contributed by atoms with Crippen LogP contribution in [0.3, 0.4) is 0 Å². The van der Waals surface area contributed by atoms with Crippen molar-refractivity contribution in [1.82, 2.24) is 9.88 Å². The maximum atomic E-state index is 11.9. The number of thioether (sulfide) groups is 1. The van der Waals surface area contributed by atoms with Crippen molar-refractivity contribution in [3.05, 3.63) is 36.7 Å². The zero-order chi connectivity index (χ0) is 12.1. The third-order valence-corrected chi connectivity index (χ3v) is 3.83. The molecule has 1 amide bonds. The molecule has 1 fully saturated rings. The first-order chi connectivity index (χ1) is 8.25. The normalized spacial score (nSPS) is 16.0. The van der Waals surface area contributed by atoms with Crippen LogP contribution in [-0.2, 0) is 4.79 Å². The lowest BCUT2D eigenvalue weighted by molar-refractivity contribution is -0.128. The molecule has 4 heteroatoms. The van der Waals surface area contributed by atoms with Crippen molar-refractivity contribution in [2.75, 3.05) is 18.8 Å². The maximum Gasteiger partial charge on any atom is 0.232 e. The summed E-state index contributed by atoms with van der Waals surface area (Å²) in [7, 11) is 0. The second kappa shape index (κ2) is 5.87. The Morgan fingerprint density at radius 1 is 1.35 bits per heavy atom. The van der Waals surface area contributed by atoms with E-state index in [1.165, 1.54) is 5.57 Å². The highest BCUT2D eigenvalue weighted by Gasteiger charge is 2.17. The van der Waals surface area contributed by atoms with Gasteiger partial charge in [0.05, 0.1) is 5.75 Å². The number of aromatic nitrogens is 1. The summed E-state index contributed by atoms with van der Waals surface area (Å²) in [6.07, 6.45) is 5.40. The Hall–Kier alpha value is -1.29. The van der Waals surface area contributed by atoms with Crippen molar-refractivity contribution >= 4 is 17.7 Å². The first kappa shape index (κ1) is 12.2. The molecule has 90 valence electrons. The SMILES string of the molecule is C=C1CCN(C(=O)CSc2ccncc2)CC1. The van der Waals surface area contributed by atoms with Gasteiger partial charge in [-0.05, 0) is 25.0 Å². The van der Waals surface area contributed by atoms with Crippen molar-refractivity contribution in [3.63, 3.8) is 0 Å². The molecule has 2 rings (SSSR count). The van der Waals surface area contributed by atoms with Crippen LogP contribution in [0.15, 0.2) is 41.6 Å². The molecule has 2 heterocycles. The number of carbonyl (C=O) groups excluding carboxylic acids is 1. The van der Waals surface area contributed by atoms with Gasteiger partial charge >= 0.3 is 0 Å². The lowest BCUT2D eigenvalue weighted by Gasteiger charge is -2.27. The third kappa shape index (κ3) is 3.60. The van der Waals surface area contributed by atoms with Crippen molar-refractivity contribution in [2.45, 2.75) is 17.7 Å². The number of carbonyl (C=O) groups is 1. The van der Waals surface area contributed by atoms with Gasteiger partial charge in [0.25, 0.3) is 0 Å². The average Bonchev–Trinajstić information content (AvgIpc) is 2.38. The van der Waals surface area contributed by atoms with Gasteiger partial charge in [0.1, 0.15) is 0 Å². The monoisotopic (exact) mass is 248 g/mol. The lowest BCUT2D eigenvalue weighted by atomic mass is 10.1. The van der Waals surface area contributed by atoms with E-state index in [2.05, 4.69) is 11.6 Å². The number of likely N-dealkylation sites (tertiary alicyclic amines) is 1. The van der Waals surface area contributed by atoms with Crippen LogP contribution in [0.1, 0.15) is 12.8 Å². The predicted octanol–water partition coefficient (Wildman–Crippen LogP) is 2.35. The Bertz CT molecular complexity index is 395. The average molecular weight is 248 g/mol. The Kier molecular flexibility index (Phi) is 4.20. The van der Waals surface area contributed by atoms with Crippen LogP contribution < -0.4 is 0 Å². The molecule has 0 bridgehead atoms. The molecule has 1 aliphatic heterocycles. The van der Waals surface area contributed by atoms with E-state index in [1.54, 1.807) is 24.2 Å². The summed E-state index contributed by atoms with van der Waals surface area (Å²) >= 11 is 1.57. The molecular formula is C13H16N2OS.